The lowest BCUT2D eigenvalue weighted by molar-refractivity contribution is 0.545. The lowest BCUT2D eigenvalue weighted by Crippen LogP contribution is -2.19. The number of aryl methyl sites for hydroxylation is 1. The third kappa shape index (κ3) is 3.14. The second-order valence-corrected chi connectivity index (χ2v) is 5.66. The van der Waals surface area contributed by atoms with Crippen LogP contribution in [0.5, 0.6) is 0 Å². The van der Waals surface area contributed by atoms with Crippen molar-refractivity contribution < 1.29 is 0 Å². The van der Waals surface area contributed by atoms with Crippen molar-refractivity contribution in [3.05, 3.63) is 32.9 Å². The molecule has 2 aromatic heterocycles. The molecule has 2 aromatic rings. The number of hydrogen-bond acceptors (Lipinski definition) is 4. The smallest absolute Gasteiger partial charge is 0.146 e. The molecule has 0 amide bonds. The minimum Gasteiger partial charge on any atom is -0.317 e. The van der Waals surface area contributed by atoms with E-state index in [0.29, 0.717) is 6.04 Å². The fourth-order valence-electron chi connectivity index (χ4n) is 1.58. The largest absolute Gasteiger partial charge is 0.317 e. The molecule has 0 bridgehead atoms. The maximum atomic E-state index is 4.10. The maximum absolute atomic E-state index is 4.10. The number of aromatic nitrogens is 3. The highest BCUT2D eigenvalue weighted by Crippen LogP contribution is 2.25. The molecule has 0 aromatic carbocycles. The van der Waals surface area contributed by atoms with Crippen LogP contribution in [0.2, 0.25) is 0 Å². The quantitative estimate of drug-likeness (QED) is 0.922. The number of thiophene rings is 1. The SMILES string of the molecule is CCn1cnnc1CNC(C)c1cc(Br)cs1. The third-order valence-electron chi connectivity index (χ3n) is 2.62. The third-order valence-corrected chi connectivity index (χ3v) is 4.49. The first-order valence-electron chi connectivity index (χ1n) is 5.54. The van der Waals surface area contributed by atoms with Gasteiger partial charge in [-0.3, -0.25) is 0 Å². The van der Waals surface area contributed by atoms with Gasteiger partial charge >= 0.3 is 0 Å². The Morgan fingerprint density at radius 2 is 2.41 bits per heavy atom. The first-order chi connectivity index (χ1) is 8.20. The Hall–Kier alpha value is -0.720. The van der Waals surface area contributed by atoms with E-state index >= 15 is 0 Å². The molecule has 92 valence electrons. The number of nitrogens with one attached hydrogen (secondary N) is 1. The number of rotatable bonds is 5. The summed E-state index contributed by atoms with van der Waals surface area (Å²) in [5, 5.41) is 13.6. The Kier molecular flexibility index (Phi) is 4.31. The van der Waals surface area contributed by atoms with Gasteiger partial charge in [-0.15, -0.1) is 21.5 Å². The summed E-state index contributed by atoms with van der Waals surface area (Å²) >= 11 is 5.22. The second kappa shape index (κ2) is 5.75. The molecule has 17 heavy (non-hydrogen) atoms. The monoisotopic (exact) mass is 314 g/mol. The highest BCUT2D eigenvalue weighted by molar-refractivity contribution is 9.10. The van der Waals surface area contributed by atoms with Crippen molar-refractivity contribution in [1.29, 1.82) is 0 Å². The van der Waals surface area contributed by atoms with Crippen LogP contribution >= 0.6 is 27.3 Å². The summed E-state index contributed by atoms with van der Waals surface area (Å²) in [5.41, 5.74) is 0. The van der Waals surface area contributed by atoms with Gasteiger partial charge in [-0.05, 0) is 35.8 Å². The predicted octanol–water partition coefficient (Wildman–Crippen LogP) is 2.97. The number of halogens is 1. The molecule has 0 aliphatic carbocycles. The standard InChI is InChI=1S/C11H15BrN4S/c1-3-16-7-14-15-11(16)5-13-8(2)10-4-9(12)6-17-10/h4,6-8,13H,3,5H2,1-2H3. The van der Waals surface area contributed by atoms with Gasteiger partial charge in [-0.1, -0.05) is 0 Å². The molecule has 0 fully saturated rings. The zero-order valence-corrected chi connectivity index (χ0v) is 12.3. The van der Waals surface area contributed by atoms with Crippen LogP contribution < -0.4 is 5.32 Å². The summed E-state index contributed by atoms with van der Waals surface area (Å²) in [7, 11) is 0. The first-order valence-corrected chi connectivity index (χ1v) is 7.22. The van der Waals surface area contributed by atoms with Gasteiger partial charge < -0.3 is 9.88 Å². The zero-order chi connectivity index (χ0) is 12.3. The van der Waals surface area contributed by atoms with Gasteiger partial charge in [0.25, 0.3) is 0 Å². The Labute approximate surface area is 113 Å². The van der Waals surface area contributed by atoms with E-state index in [-0.39, 0.29) is 0 Å². The van der Waals surface area contributed by atoms with Crippen molar-refractivity contribution in [3.8, 4) is 0 Å². The normalized spacial score (nSPS) is 12.9. The number of nitrogens with zero attached hydrogens (tertiary/aromatic N) is 3. The summed E-state index contributed by atoms with van der Waals surface area (Å²) in [4.78, 5) is 1.32. The van der Waals surface area contributed by atoms with E-state index in [1.165, 1.54) is 4.88 Å². The molecule has 0 spiro atoms. The fourth-order valence-corrected chi connectivity index (χ4v) is 3.06. The van der Waals surface area contributed by atoms with Crippen LogP contribution in [-0.4, -0.2) is 14.8 Å². The molecule has 1 unspecified atom stereocenters. The summed E-state index contributed by atoms with van der Waals surface area (Å²) in [6.07, 6.45) is 1.77. The minimum atomic E-state index is 0.327. The molecule has 0 aliphatic heterocycles. The maximum Gasteiger partial charge on any atom is 0.146 e. The molecule has 0 saturated carbocycles. The summed E-state index contributed by atoms with van der Waals surface area (Å²) in [5.74, 6) is 0.981. The van der Waals surface area contributed by atoms with Crippen molar-refractivity contribution in [2.24, 2.45) is 0 Å². The molecule has 0 saturated heterocycles. The van der Waals surface area contributed by atoms with Gasteiger partial charge in [0.1, 0.15) is 12.2 Å². The van der Waals surface area contributed by atoms with Crippen LogP contribution in [0.1, 0.15) is 30.6 Å². The number of hydrogen-bond donors (Lipinski definition) is 1. The van der Waals surface area contributed by atoms with Crippen LogP contribution in [-0.2, 0) is 13.1 Å². The van der Waals surface area contributed by atoms with Crippen LogP contribution in [0, 0.1) is 0 Å². The van der Waals surface area contributed by atoms with Gasteiger partial charge in [0, 0.05) is 27.3 Å². The molecule has 2 rings (SSSR count). The Morgan fingerprint density at radius 1 is 1.59 bits per heavy atom. The Morgan fingerprint density at radius 3 is 3.06 bits per heavy atom. The van der Waals surface area contributed by atoms with E-state index in [9.17, 15) is 0 Å². The second-order valence-electron chi connectivity index (χ2n) is 3.80. The molecule has 0 radical (unpaired) electrons. The molecular formula is C11H15BrN4S. The highest BCUT2D eigenvalue weighted by Gasteiger charge is 2.09. The van der Waals surface area contributed by atoms with Crippen LogP contribution in [0.25, 0.3) is 0 Å². The van der Waals surface area contributed by atoms with Gasteiger partial charge in [0.2, 0.25) is 0 Å². The van der Waals surface area contributed by atoms with E-state index in [0.717, 1.165) is 23.4 Å². The van der Waals surface area contributed by atoms with E-state index in [1.54, 1.807) is 17.7 Å². The van der Waals surface area contributed by atoms with E-state index in [1.807, 2.05) is 4.57 Å². The van der Waals surface area contributed by atoms with Gasteiger partial charge in [0.05, 0.1) is 6.54 Å². The molecule has 0 aliphatic rings. The summed E-state index contributed by atoms with van der Waals surface area (Å²) in [6.45, 7) is 5.89. The minimum absolute atomic E-state index is 0.327. The molecule has 1 N–H and O–H groups in total. The van der Waals surface area contributed by atoms with E-state index in [2.05, 4.69) is 56.7 Å². The summed E-state index contributed by atoms with van der Waals surface area (Å²) in [6, 6.07) is 2.47. The van der Waals surface area contributed by atoms with Crippen LogP contribution in [0.4, 0.5) is 0 Å². The van der Waals surface area contributed by atoms with E-state index in [4.69, 9.17) is 0 Å². The Balaban J connectivity index is 1.94. The predicted molar refractivity (Wildman–Crippen MR) is 73.0 cm³/mol. The average molecular weight is 315 g/mol. The Bertz CT molecular complexity index is 479. The average Bonchev–Trinajstić information content (AvgIpc) is 2.94. The molecular weight excluding hydrogens is 300 g/mol. The van der Waals surface area contributed by atoms with Crippen LogP contribution in [0.3, 0.4) is 0 Å². The van der Waals surface area contributed by atoms with Gasteiger partial charge in [0.15, 0.2) is 0 Å². The zero-order valence-electron chi connectivity index (χ0n) is 9.85. The van der Waals surface area contributed by atoms with Crippen molar-refractivity contribution in [3.63, 3.8) is 0 Å². The lowest BCUT2D eigenvalue weighted by atomic mass is 10.3. The van der Waals surface area contributed by atoms with Crippen molar-refractivity contribution in [1.82, 2.24) is 20.1 Å². The van der Waals surface area contributed by atoms with Crippen molar-refractivity contribution >= 4 is 27.3 Å². The lowest BCUT2D eigenvalue weighted by Gasteiger charge is -2.11. The highest BCUT2D eigenvalue weighted by atomic mass is 79.9. The van der Waals surface area contributed by atoms with E-state index < -0.39 is 0 Å². The molecule has 2 heterocycles. The molecule has 4 nitrogen and oxygen atoms in total. The summed E-state index contributed by atoms with van der Waals surface area (Å²) < 4.78 is 3.19. The first kappa shape index (κ1) is 12.7. The fraction of sp³-hybridized carbons (Fsp3) is 0.455. The molecule has 1 atom stereocenters. The van der Waals surface area contributed by atoms with Crippen molar-refractivity contribution in [2.45, 2.75) is 33.0 Å². The molecule has 6 heteroatoms. The topological polar surface area (TPSA) is 42.7 Å². The van der Waals surface area contributed by atoms with Gasteiger partial charge in [-0.25, -0.2) is 0 Å². The van der Waals surface area contributed by atoms with Crippen LogP contribution in [0.15, 0.2) is 22.2 Å². The van der Waals surface area contributed by atoms with Crippen molar-refractivity contribution in [2.75, 3.05) is 0 Å². The van der Waals surface area contributed by atoms with Gasteiger partial charge in [-0.2, -0.15) is 0 Å².